The first kappa shape index (κ1) is 16.0. The van der Waals surface area contributed by atoms with Crippen LogP contribution in [-0.2, 0) is 11.2 Å². The highest BCUT2D eigenvalue weighted by atomic mass is 16.2. The van der Waals surface area contributed by atoms with Gasteiger partial charge < -0.3 is 15.7 Å². The van der Waals surface area contributed by atoms with Gasteiger partial charge in [0.1, 0.15) is 0 Å². The van der Waals surface area contributed by atoms with Crippen LogP contribution in [0.1, 0.15) is 16.7 Å². The summed E-state index contributed by atoms with van der Waals surface area (Å²) in [6.45, 7) is 4.40. The standard InChI is InChI=1S/C18H22N2O2/c1-13-4-3-5-14(2)18(13)19-12-17(22)20-16-8-6-15(7-9-16)10-11-21/h3-9,19,21H,10-12H2,1-2H3,(H,20,22). The normalized spacial score (nSPS) is 10.3. The minimum atomic E-state index is -0.0856. The minimum Gasteiger partial charge on any atom is -0.396 e. The summed E-state index contributed by atoms with van der Waals surface area (Å²) in [7, 11) is 0. The third-order valence-corrected chi connectivity index (χ3v) is 3.55. The van der Waals surface area contributed by atoms with Crippen molar-refractivity contribution in [1.82, 2.24) is 0 Å². The third kappa shape index (κ3) is 4.33. The average molecular weight is 298 g/mol. The van der Waals surface area contributed by atoms with Crippen LogP contribution in [0.15, 0.2) is 42.5 Å². The van der Waals surface area contributed by atoms with Crippen LogP contribution in [0, 0.1) is 13.8 Å². The van der Waals surface area contributed by atoms with E-state index >= 15 is 0 Å². The Morgan fingerprint density at radius 2 is 1.68 bits per heavy atom. The number of aryl methyl sites for hydroxylation is 2. The van der Waals surface area contributed by atoms with E-state index < -0.39 is 0 Å². The van der Waals surface area contributed by atoms with Gasteiger partial charge in [0.05, 0.1) is 6.54 Å². The molecule has 4 heteroatoms. The fourth-order valence-electron chi connectivity index (χ4n) is 2.35. The number of hydrogen-bond acceptors (Lipinski definition) is 3. The molecular formula is C18H22N2O2. The number of benzene rings is 2. The van der Waals surface area contributed by atoms with Gasteiger partial charge in [-0.25, -0.2) is 0 Å². The van der Waals surface area contributed by atoms with Gasteiger partial charge in [0, 0.05) is 18.0 Å². The van der Waals surface area contributed by atoms with Gasteiger partial charge in [0.2, 0.25) is 5.91 Å². The summed E-state index contributed by atoms with van der Waals surface area (Å²) in [6.07, 6.45) is 0.627. The Bertz CT molecular complexity index is 616. The molecule has 0 spiro atoms. The van der Waals surface area contributed by atoms with Crippen molar-refractivity contribution in [2.45, 2.75) is 20.3 Å². The number of amides is 1. The van der Waals surface area contributed by atoms with Gasteiger partial charge in [-0.15, -0.1) is 0 Å². The van der Waals surface area contributed by atoms with E-state index in [1.165, 1.54) is 0 Å². The Kier molecular flexibility index (Phi) is 5.55. The molecule has 2 aromatic carbocycles. The number of aliphatic hydroxyl groups excluding tert-OH is 1. The molecule has 3 N–H and O–H groups in total. The smallest absolute Gasteiger partial charge is 0.243 e. The number of carbonyl (C=O) groups is 1. The maximum Gasteiger partial charge on any atom is 0.243 e. The van der Waals surface area contributed by atoms with Gasteiger partial charge in [0.15, 0.2) is 0 Å². The SMILES string of the molecule is Cc1cccc(C)c1NCC(=O)Nc1ccc(CCO)cc1. The lowest BCUT2D eigenvalue weighted by molar-refractivity contribution is -0.114. The van der Waals surface area contributed by atoms with Crippen LogP contribution in [0.25, 0.3) is 0 Å². The van der Waals surface area contributed by atoms with Crippen LogP contribution in [-0.4, -0.2) is 24.2 Å². The molecule has 0 unspecified atom stereocenters. The molecule has 0 saturated heterocycles. The molecule has 0 bridgehead atoms. The molecule has 2 rings (SSSR count). The van der Waals surface area contributed by atoms with Crippen LogP contribution >= 0.6 is 0 Å². The van der Waals surface area contributed by atoms with Crippen molar-refractivity contribution in [3.05, 3.63) is 59.2 Å². The molecule has 0 aliphatic heterocycles. The Morgan fingerprint density at radius 1 is 1.05 bits per heavy atom. The van der Waals surface area contributed by atoms with Crippen LogP contribution in [0.5, 0.6) is 0 Å². The summed E-state index contributed by atoms with van der Waals surface area (Å²) in [6, 6.07) is 13.6. The number of carbonyl (C=O) groups excluding carboxylic acids is 1. The number of nitrogens with one attached hydrogen (secondary N) is 2. The van der Waals surface area contributed by atoms with Crippen molar-refractivity contribution < 1.29 is 9.90 Å². The minimum absolute atomic E-state index is 0.0856. The van der Waals surface area contributed by atoms with Crippen molar-refractivity contribution >= 4 is 17.3 Å². The summed E-state index contributed by atoms with van der Waals surface area (Å²) < 4.78 is 0. The molecule has 2 aromatic rings. The van der Waals surface area contributed by atoms with Gasteiger partial charge >= 0.3 is 0 Å². The van der Waals surface area contributed by atoms with E-state index in [1.54, 1.807) is 0 Å². The molecule has 22 heavy (non-hydrogen) atoms. The van der Waals surface area contributed by atoms with E-state index in [-0.39, 0.29) is 19.1 Å². The van der Waals surface area contributed by atoms with E-state index in [1.807, 2.05) is 56.3 Å². The first-order valence-electron chi connectivity index (χ1n) is 7.40. The van der Waals surface area contributed by atoms with Crippen molar-refractivity contribution in [3.8, 4) is 0 Å². The summed E-state index contributed by atoms with van der Waals surface area (Å²) in [5, 5.41) is 14.9. The molecule has 1 amide bonds. The highest BCUT2D eigenvalue weighted by molar-refractivity contribution is 5.93. The Balaban J connectivity index is 1.90. The number of para-hydroxylation sites is 1. The number of rotatable bonds is 6. The zero-order chi connectivity index (χ0) is 15.9. The van der Waals surface area contributed by atoms with E-state index in [9.17, 15) is 4.79 Å². The summed E-state index contributed by atoms with van der Waals surface area (Å²) in [5.41, 5.74) is 5.07. The monoisotopic (exact) mass is 298 g/mol. The zero-order valence-electron chi connectivity index (χ0n) is 13.0. The first-order chi connectivity index (χ1) is 10.6. The van der Waals surface area contributed by atoms with Crippen molar-refractivity contribution in [1.29, 1.82) is 0 Å². The lowest BCUT2D eigenvalue weighted by atomic mass is 10.1. The van der Waals surface area contributed by atoms with Gasteiger partial charge in [-0.1, -0.05) is 30.3 Å². The van der Waals surface area contributed by atoms with Crippen LogP contribution in [0.3, 0.4) is 0 Å². The molecule has 4 nitrogen and oxygen atoms in total. The Morgan fingerprint density at radius 3 is 2.27 bits per heavy atom. The first-order valence-corrected chi connectivity index (χ1v) is 7.40. The topological polar surface area (TPSA) is 61.4 Å². The summed E-state index contributed by atoms with van der Waals surface area (Å²) in [5.74, 6) is -0.0856. The molecule has 0 aliphatic rings. The second-order valence-electron chi connectivity index (χ2n) is 5.34. The van der Waals surface area contributed by atoms with Crippen molar-refractivity contribution in [3.63, 3.8) is 0 Å². The number of anilines is 2. The Hall–Kier alpha value is -2.33. The number of hydrogen-bond donors (Lipinski definition) is 3. The highest BCUT2D eigenvalue weighted by Gasteiger charge is 2.05. The Labute approximate surface area is 131 Å². The van der Waals surface area contributed by atoms with Gasteiger partial charge in [-0.05, 0) is 49.1 Å². The van der Waals surface area contributed by atoms with Gasteiger partial charge in [-0.3, -0.25) is 4.79 Å². The average Bonchev–Trinajstić information content (AvgIpc) is 2.49. The van der Waals surface area contributed by atoms with E-state index in [2.05, 4.69) is 10.6 Å². The van der Waals surface area contributed by atoms with Crippen LogP contribution in [0.4, 0.5) is 11.4 Å². The third-order valence-electron chi connectivity index (χ3n) is 3.55. The van der Waals surface area contributed by atoms with E-state index in [4.69, 9.17) is 5.11 Å². The molecule has 0 atom stereocenters. The maximum absolute atomic E-state index is 12.0. The fraction of sp³-hybridized carbons (Fsp3) is 0.278. The molecule has 0 saturated carbocycles. The van der Waals surface area contributed by atoms with E-state index in [0.717, 1.165) is 28.1 Å². The predicted molar refractivity (Wildman–Crippen MR) is 90.3 cm³/mol. The van der Waals surface area contributed by atoms with E-state index in [0.29, 0.717) is 6.42 Å². The maximum atomic E-state index is 12.0. The van der Waals surface area contributed by atoms with Gasteiger partial charge in [0.25, 0.3) is 0 Å². The second kappa shape index (κ2) is 7.61. The van der Waals surface area contributed by atoms with Crippen LogP contribution in [0.2, 0.25) is 0 Å². The molecule has 0 heterocycles. The summed E-state index contributed by atoms with van der Waals surface area (Å²) in [4.78, 5) is 12.0. The zero-order valence-corrected chi connectivity index (χ0v) is 13.0. The lowest BCUT2D eigenvalue weighted by Gasteiger charge is -2.12. The molecule has 0 aliphatic carbocycles. The fourth-order valence-corrected chi connectivity index (χ4v) is 2.35. The van der Waals surface area contributed by atoms with Crippen molar-refractivity contribution in [2.24, 2.45) is 0 Å². The van der Waals surface area contributed by atoms with Gasteiger partial charge in [-0.2, -0.15) is 0 Å². The largest absolute Gasteiger partial charge is 0.396 e. The molecule has 116 valence electrons. The molecule has 0 aromatic heterocycles. The molecule has 0 radical (unpaired) electrons. The quantitative estimate of drug-likeness (QED) is 0.768. The summed E-state index contributed by atoms with van der Waals surface area (Å²) >= 11 is 0. The molecular weight excluding hydrogens is 276 g/mol. The predicted octanol–water partition coefficient (Wildman–Crippen LogP) is 2.89. The lowest BCUT2D eigenvalue weighted by Crippen LogP contribution is -2.22. The van der Waals surface area contributed by atoms with Crippen molar-refractivity contribution in [2.75, 3.05) is 23.8 Å². The number of aliphatic hydroxyl groups is 1. The highest BCUT2D eigenvalue weighted by Crippen LogP contribution is 2.19. The molecule has 0 fully saturated rings. The van der Waals surface area contributed by atoms with Crippen LogP contribution < -0.4 is 10.6 Å². The second-order valence-corrected chi connectivity index (χ2v) is 5.34.